The number of rotatable bonds is 6. The molecule has 0 unspecified atom stereocenters. The van der Waals surface area contributed by atoms with Crippen LogP contribution >= 0.6 is 0 Å². The van der Waals surface area contributed by atoms with Gasteiger partial charge in [-0.05, 0) is 63.8 Å². The van der Waals surface area contributed by atoms with Crippen LogP contribution in [-0.4, -0.2) is 46.4 Å². The van der Waals surface area contributed by atoms with Crippen molar-refractivity contribution in [3.05, 3.63) is 36.8 Å². The Bertz CT molecular complexity index is 1020. The summed E-state index contributed by atoms with van der Waals surface area (Å²) in [4.78, 5) is 17.1. The Morgan fingerprint density at radius 3 is 2.50 bits per heavy atom. The molecule has 30 heavy (non-hydrogen) atoms. The van der Waals surface area contributed by atoms with E-state index in [2.05, 4.69) is 10.3 Å². The molecule has 2 aliphatic heterocycles. The SMILES string of the molecule is CC(C)Oc1ccc(NC(=O)[C@@H]2CC[C@@H]3CC[C@H]2N3S(=O)(=O)c2cn(C)cn2)cc1. The van der Waals surface area contributed by atoms with Gasteiger partial charge in [-0.15, -0.1) is 0 Å². The van der Waals surface area contributed by atoms with Crippen molar-refractivity contribution >= 4 is 21.6 Å². The third-order valence-electron chi connectivity index (χ3n) is 5.81. The van der Waals surface area contributed by atoms with Gasteiger partial charge in [-0.2, -0.15) is 4.31 Å². The van der Waals surface area contributed by atoms with E-state index in [4.69, 9.17) is 4.74 Å². The zero-order valence-corrected chi connectivity index (χ0v) is 18.3. The minimum Gasteiger partial charge on any atom is -0.491 e. The smallest absolute Gasteiger partial charge is 0.262 e. The summed E-state index contributed by atoms with van der Waals surface area (Å²) in [6.07, 6.45) is 5.91. The molecule has 2 aliphatic rings. The topological polar surface area (TPSA) is 93.5 Å². The van der Waals surface area contributed by atoms with Crippen LogP contribution in [0, 0.1) is 5.92 Å². The molecule has 3 heterocycles. The van der Waals surface area contributed by atoms with Crippen LogP contribution in [0.3, 0.4) is 0 Å². The maximum absolute atomic E-state index is 13.2. The summed E-state index contributed by atoms with van der Waals surface area (Å²) < 4.78 is 35.2. The number of aromatic nitrogens is 2. The number of aryl methyl sites for hydroxylation is 1. The van der Waals surface area contributed by atoms with Crippen LogP contribution in [0.1, 0.15) is 39.5 Å². The molecule has 2 aromatic rings. The molecule has 1 aromatic carbocycles. The maximum Gasteiger partial charge on any atom is 0.262 e. The van der Waals surface area contributed by atoms with Crippen molar-refractivity contribution in [2.75, 3.05) is 5.32 Å². The standard InChI is InChI=1S/C21H28N4O4S/c1-14(2)29-17-8-4-15(5-9-17)23-21(26)18-10-6-16-7-11-19(18)25(16)30(27,28)20-12-24(3)13-22-20/h4-5,8-9,12-14,16,18-19H,6-7,10-11H2,1-3H3,(H,23,26)/t16-,18-,19-/m1/s1. The highest BCUT2D eigenvalue weighted by Crippen LogP contribution is 2.42. The molecule has 9 heteroatoms. The summed E-state index contributed by atoms with van der Waals surface area (Å²) in [5.41, 5.74) is 0.676. The first kappa shape index (κ1) is 20.9. The van der Waals surface area contributed by atoms with Gasteiger partial charge in [0.2, 0.25) is 5.91 Å². The summed E-state index contributed by atoms with van der Waals surface area (Å²) in [6.45, 7) is 3.91. The Kier molecular flexibility index (Phi) is 5.59. The average molecular weight is 433 g/mol. The van der Waals surface area contributed by atoms with Crippen LogP contribution in [0.5, 0.6) is 5.75 Å². The monoisotopic (exact) mass is 432 g/mol. The Balaban J connectivity index is 1.50. The molecule has 162 valence electrons. The fraction of sp³-hybridized carbons (Fsp3) is 0.524. The van der Waals surface area contributed by atoms with Gasteiger partial charge in [0.15, 0.2) is 5.03 Å². The number of anilines is 1. The molecular weight excluding hydrogens is 404 g/mol. The average Bonchev–Trinajstić information content (AvgIpc) is 3.26. The van der Waals surface area contributed by atoms with Gasteiger partial charge in [0.1, 0.15) is 5.75 Å². The number of amides is 1. The van der Waals surface area contributed by atoms with Crippen LogP contribution in [0.4, 0.5) is 5.69 Å². The minimum absolute atomic E-state index is 0.0451. The fourth-order valence-corrected chi connectivity index (χ4v) is 6.45. The van der Waals surface area contributed by atoms with E-state index in [-0.39, 0.29) is 35.0 Å². The molecule has 1 amide bonds. The molecule has 1 aromatic heterocycles. The lowest BCUT2D eigenvalue weighted by Crippen LogP contribution is -2.51. The molecule has 0 aliphatic carbocycles. The molecule has 0 spiro atoms. The molecule has 0 radical (unpaired) electrons. The van der Waals surface area contributed by atoms with Gasteiger partial charge in [0.05, 0.1) is 18.3 Å². The van der Waals surface area contributed by atoms with Crippen LogP contribution in [0.25, 0.3) is 0 Å². The van der Waals surface area contributed by atoms with Crippen LogP contribution in [-0.2, 0) is 21.9 Å². The van der Waals surface area contributed by atoms with E-state index in [0.29, 0.717) is 24.9 Å². The molecule has 0 saturated carbocycles. The third kappa shape index (κ3) is 3.96. The van der Waals surface area contributed by atoms with E-state index in [1.165, 1.54) is 12.5 Å². The molecule has 2 fully saturated rings. The minimum atomic E-state index is -3.73. The van der Waals surface area contributed by atoms with Gasteiger partial charge in [0.25, 0.3) is 10.0 Å². The Labute approximate surface area is 177 Å². The predicted molar refractivity (Wildman–Crippen MR) is 113 cm³/mol. The van der Waals surface area contributed by atoms with E-state index in [9.17, 15) is 13.2 Å². The van der Waals surface area contributed by atoms with Crippen LogP contribution in [0.15, 0.2) is 41.8 Å². The first-order valence-corrected chi connectivity index (χ1v) is 11.8. The van der Waals surface area contributed by atoms with Gasteiger partial charge in [-0.1, -0.05) is 0 Å². The van der Waals surface area contributed by atoms with Crippen molar-refractivity contribution in [1.82, 2.24) is 13.9 Å². The summed E-state index contributed by atoms with van der Waals surface area (Å²) in [5.74, 6) is 0.222. The lowest BCUT2D eigenvalue weighted by Gasteiger charge is -2.37. The van der Waals surface area contributed by atoms with Crippen LogP contribution < -0.4 is 10.1 Å². The molecular formula is C21H28N4O4S. The fourth-order valence-electron chi connectivity index (χ4n) is 4.54. The molecule has 1 N–H and O–H groups in total. The Hall–Kier alpha value is -2.39. The van der Waals surface area contributed by atoms with Gasteiger partial charge < -0.3 is 14.6 Å². The molecule has 2 saturated heterocycles. The van der Waals surface area contributed by atoms with E-state index in [1.54, 1.807) is 28.1 Å². The number of sulfonamides is 1. The van der Waals surface area contributed by atoms with Crippen molar-refractivity contribution in [3.63, 3.8) is 0 Å². The second kappa shape index (κ2) is 8.03. The molecule has 2 bridgehead atoms. The largest absolute Gasteiger partial charge is 0.491 e. The number of carbonyl (C=O) groups excluding carboxylic acids is 1. The summed E-state index contributed by atoms with van der Waals surface area (Å²) in [7, 11) is -1.99. The zero-order chi connectivity index (χ0) is 21.5. The van der Waals surface area contributed by atoms with Crippen molar-refractivity contribution in [2.24, 2.45) is 13.0 Å². The van der Waals surface area contributed by atoms with E-state index >= 15 is 0 Å². The lowest BCUT2D eigenvalue weighted by atomic mass is 9.91. The molecule has 3 atom stereocenters. The highest BCUT2D eigenvalue weighted by atomic mass is 32.2. The van der Waals surface area contributed by atoms with Gasteiger partial charge in [0, 0.05) is 31.0 Å². The third-order valence-corrected chi connectivity index (χ3v) is 7.67. The number of nitrogens with zero attached hydrogens (tertiary/aromatic N) is 3. The normalized spacial score (nSPS) is 24.2. The van der Waals surface area contributed by atoms with Crippen molar-refractivity contribution < 1.29 is 17.9 Å². The van der Waals surface area contributed by atoms with Crippen molar-refractivity contribution in [1.29, 1.82) is 0 Å². The van der Waals surface area contributed by atoms with E-state index < -0.39 is 10.0 Å². The van der Waals surface area contributed by atoms with Gasteiger partial charge >= 0.3 is 0 Å². The maximum atomic E-state index is 13.2. The number of hydrogen-bond acceptors (Lipinski definition) is 5. The van der Waals surface area contributed by atoms with Gasteiger partial charge in [-0.3, -0.25) is 4.79 Å². The van der Waals surface area contributed by atoms with Crippen LogP contribution in [0.2, 0.25) is 0 Å². The molecule has 8 nitrogen and oxygen atoms in total. The first-order chi connectivity index (χ1) is 14.3. The lowest BCUT2D eigenvalue weighted by molar-refractivity contribution is -0.122. The number of benzene rings is 1. The quantitative estimate of drug-likeness (QED) is 0.758. The molecule has 4 rings (SSSR count). The number of fused-ring (bicyclic) bond motifs is 2. The van der Waals surface area contributed by atoms with Crippen molar-refractivity contribution in [2.45, 2.75) is 62.7 Å². The summed E-state index contributed by atoms with van der Waals surface area (Å²) >= 11 is 0. The Morgan fingerprint density at radius 2 is 1.87 bits per heavy atom. The number of piperidine rings is 1. The number of carbonyl (C=O) groups is 1. The second-order valence-electron chi connectivity index (χ2n) is 8.37. The Morgan fingerprint density at radius 1 is 1.17 bits per heavy atom. The highest BCUT2D eigenvalue weighted by molar-refractivity contribution is 7.89. The summed E-state index contributed by atoms with van der Waals surface area (Å²) in [5, 5.41) is 3.00. The second-order valence-corrected chi connectivity index (χ2v) is 10.2. The number of hydrogen-bond donors (Lipinski definition) is 1. The highest BCUT2D eigenvalue weighted by Gasteiger charge is 2.51. The first-order valence-electron chi connectivity index (χ1n) is 10.3. The number of nitrogens with one attached hydrogen (secondary N) is 1. The predicted octanol–water partition coefficient (Wildman–Crippen LogP) is 2.78. The summed E-state index contributed by atoms with van der Waals surface area (Å²) in [6, 6.07) is 6.86. The number of ether oxygens (including phenoxy) is 1. The van der Waals surface area contributed by atoms with Crippen molar-refractivity contribution in [3.8, 4) is 5.75 Å². The number of imidazole rings is 1. The zero-order valence-electron chi connectivity index (χ0n) is 17.5. The van der Waals surface area contributed by atoms with E-state index in [0.717, 1.165) is 12.2 Å². The van der Waals surface area contributed by atoms with Gasteiger partial charge in [-0.25, -0.2) is 13.4 Å². The van der Waals surface area contributed by atoms with E-state index in [1.807, 2.05) is 26.0 Å².